The van der Waals surface area contributed by atoms with Gasteiger partial charge in [0, 0.05) is 4.90 Å². The Morgan fingerprint density at radius 2 is 1.72 bits per heavy atom. The van der Waals surface area contributed by atoms with E-state index in [0.717, 1.165) is 4.90 Å². The van der Waals surface area contributed by atoms with E-state index in [-0.39, 0.29) is 5.04 Å². The lowest BCUT2D eigenvalue weighted by molar-refractivity contribution is -0.320. The summed E-state index contributed by atoms with van der Waals surface area (Å²) in [5.41, 5.74) is 0. The number of aliphatic hydroxyl groups excluding tert-OH is 2. The summed E-state index contributed by atoms with van der Waals surface area (Å²) in [6, 6.07) is 10.1. The first-order valence-electron chi connectivity index (χ1n) is 10.4. The Kier molecular flexibility index (Phi) is 6.36. The highest BCUT2D eigenvalue weighted by Crippen LogP contribution is 2.51. The van der Waals surface area contributed by atoms with Crippen LogP contribution in [-0.4, -0.2) is 60.1 Å². The van der Waals surface area contributed by atoms with Crippen molar-refractivity contribution < 1.29 is 24.1 Å². The summed E-state index contributed by atoms with van der Waals surface area (Å²) in [6.07, 6.45) is -2.50. The Balaban J connectivity index is 1.94. The molecule has 0 unspecified atom stereocenters. The second kappa shape index (κ2) is 7.93. The van der Waals surface area contributed by atoms with Crippen LogP contribution < -0.4 is 0 Å². The molecule has 2 N–H and O–H groups in total. The van der Waals surface area contributed by atoms with Crippen molar-refractivity contribution in [3.63, 3.8) is 0 Å². The molecular weight excluding hydrogens is 404 g/mol. The molecule has 5 nitrogen and oxygen atoms in total. The van der Waals surface area contributed by atoms with Crippen molar-refractivity contribution in [2.75, 3.05) is 6.61 Å². The zero-order valence-corrected chi connectivity index (χ0v) is 20.5. The van der Waals surface area contributed by atoms with Gasteiger partial charge in [-0.2, -0.15) is 0 Å². The smallest absolute Gasteiger partial charge is 0.192 e. The predicted molar refractivity (Wildman–Crippen MR) is 119 cm³/mol. The highest BCUT2D eigenvalue weighted by Gasteiger charge is 2.60. The van der Waals surface area contributed by atoms with Crippen molar-refractivity contribution in [2.24, 2.45) is 0 Å². The molecule has 1 aromatic carbocycles. The molecule has 0 bridgehead atoms. The van der Waals surface area contributed by atoms with Gasteiger partial charge in [-0.3, -0.25) is 0 Å². The molecule has 7 heteroatoms. The van der Waals surface area contributed by atoms with Crippen LogP contribution in [0.5, 0.6) is 0 Å². The second-order valence-electron chi connectivity index (χ2n) is 10.3. The standard InChI is InChI=1S/C22H36O5SSi/c1-20(2,3)29(6,7)27-16-13-22(28-15-11-9-8-10-12-15)14-25-21(4,5)26-19(22)18(24)17(16)23/h8-12,16-19,23-24H,13-14H2,1-7H3/t16-,17+,18+,19+,22+/m0/s1. The first-order valence-corrected chi connectivity index (χ1v) is 14.1. The molecule has 0 radical (unpaired) electrons. The third kappa shape index (κ3) is 4.76. The van der Waals surface area contributed by atoms with Crippen LogP contribution >= 0.6 is 11.8 Å². The lowest BCUT2D eigenvalue weighted by Gasteiger charge is -2.56. The fraction of sp³-hybridized carbons (Fsp3) is 0.727. The van der Waals surface area contributed by atoms with Gasteiger partial charge in [-0.1, -0.05) is 39.0 Å². The summed E-state index contributed by atoms with van der Waals surface area (Å²) >= 11 is 1.65. The summed E-state index contributed by atoms with van der Waals surface area (Å²) in [7, 11) is -2.14. The average molecular weight is 441 g/mol. The highest BCUT2D eigenvalue weighted by atomic mass is 32.2. The maximum atomic E-state index is 11.1. The minimum atomic E-state index is -2.14. The Bertz CT molecular complexity index is 705. The second-order valence-corrected chi connectivity index (χ2v) is 16.6. The fourth-order valence-electron chi connectivity index (χ4n) is 3.76. The van der Waals surface area contributed by atoms with E-state index in [4.69, 9.17) is 13.9 Å². The molecule has 0 spiro atoms. The van der Waals surface area contributed by atoms with Crippen molar-refractivity contribution in [1.29, 1.82) is 0 Å². The largest absolute Gasteiger partial charge is 0.411 e. The SMILES string of the molecule is CC1(C)OC[C@]2(Sc3ccccc3)C[C@H](O[Si](C)(C)C(C)(C)C)[C@@H](O)[C@@H](O)[C@H]2O1. The van der Waals surface area contributed by atoms with E-state index < -0.39 is 43.3 Å². The monoisotopic (exact) mass is 440 g/mol. The fourth-order valence-corrected chi connectivity index (χ4v) is 6.53. The molecule has 164 valence electrons. The molecular formula is C22H36O5SSi. The highest BCUT2D eigenvalue weighted by molar-refractivity contribution is 8.00. The average Bonchev–Trinajstić information content (AvgIpc) is 2.61. The van der Waals surface area contributed by atoms with Crippen LogP contribution in [0.1, 0.15) is 41.0 Å². The summed E-state index contributed by atoms with van der Waals surface area (Å²) in [4.78, 5) is 1.08. The first kappa shape index (κ1) is 23.3. The van der Waals surface area contributed by atoms with Crippen LogP contribution in [-0.2, 0) is 13.9 Å². The van der Waals surface area contributed by atoms with Crippen molar-refractivity contribution in [3.05, 3.63) is 30.3 Å². The van der Waals surface area contributed by atoms with Crippen LogP contribution in [0.3, 0.4) is 0 Å². The minimum absolute atomic E-state index is 0.00974. The number of ether oxygens (including phenoxy) is 2. The van der Waals surface area contributed by atoms with E-state index in [0.29, 0.717) is 13.0 Å². The van der Waals surface area contributed by atoms with Crippen molar-refractivity contribution in [1.82, 2.24) is 0 Å². The molecule has 2 aliphatic rings. The number of hydrogen-bond donors (Lipinski definition) is 2. The van der Waals surface area contributed by atoms with Crippen molar-refractivity contribution in [3.8, 4) is 0 Å². The van der Waals surface area contributed by atoms with E-state index in [9.17, 15) is 10.2 Å². The number of benzene rings is 1. The van der Waals surface area contributed by atoms with Crippen LogP contribution in [0.2, 0.25) is 18.1 Å². The number of aliphatic hydroxyl groups is 2. The predicted octanol–water partition coefficient (Wildman–Crippen LogP) is 4.18. The Morgan fingerprint density at radius 1 is 1.10 bits per heavy atom. The van der Waals surface area contributed by atoms with Gasteiger partial charge in [-0.15, -0.1) is 11.8 Å². The number of rotatable bonds is 4. The molecule has 1 aliphatic heterocycles. The third-order valence-corrected chi connectivity index (χ3v) is 12.4. The van der Waals surface area contributed by atoms with Crippen LogP contribution in [0.15, 0.2) is 35.2 Å². The quantitative estimate of drug-likeness (QED) is 0.685. The van der Waals surface area contributed by atoms with Crippen LogP contribution in [0, 0.1) is 0 Å². The van der Waals surface area contributed by atoms with Gasteiger partial charge in [0.25, 0.3) is 0 Å². The number of hydrogen-bond acceptors (Lipinski definition) is 6. The molecule has 2 fully saturated rings. The molecule has 5 atom stereocenters. The topological polar surface area (TPSA) is 68.2 Å². The van der Waals surface area contributed by atoms with Gasteiger partial charge in [0.05, 0.1) is 17.5 Å². The lowest BCUT2D eigenvalue weighted by Crippen LogP contribution is -2.69. The zero-order chi connectivity index (χ0) is 21.7. The van der Waals surface area contributed by atoms with Gasteiger partial charge in [0.15, 0.2) is 14.1 Å². The van der Waals surface area contributed by atoms with Crippen molar-refractivity contribution in [2.45, 2.75) is 99.0 Å². The molecule has 1 aromatic rings. The van der Waals surface area contributed by atoms with Gasteiger partial charge < -0.3 is 24.1 Å². The van der Waals surface area contributed by atoms with E-state index in [1.807, 2.05) is 32.0 Å². The van der Waals surface area contributed by atoms with E-state index >= 15 is 0 Å². The maximum absolute atomic E-state index is 11.1. The first-order chi connectivity index (χ1) is 13.3. The molecule has 0 amide bonds. The van der Waals surface area contributed by atoms with Crippen molar-refractivity contribution >= 4 is 20.1 Å². The molecule has 29 heavy (non-hydrogen) atoms. The zero-order valence-electron chi connectivity index (χ0n) is 18.6. The molecule has 1 saturated carbocycles. The third-order valence-electron chi connectivity index (χ3n) is 6.50. The van der Waals surface area contributed by atoms with E-state index in [2.05, 4.69) is 46.0 Å². The van der Waals surface area contributed by atoms with Gasteiger partial charge in [-0.05, 0) is 50.5 Å². The maximum Gasteiger partial charge on any atom is 0.192 e. The van der Waals surface area contributed by atoms with E-state index in [1.165, 1.54) is 0 Å². The molecule has 1 aliphatic carbocycles. The van der Waals surface area contributed by atoms with Gasteiger partial charge in [0.1, 0.15) is 18.3 Å². The van der Waals surface area contributed by atoms with Crippen LogP contribution in [0.25, 0.3) is 0 Å². The van der Waals surface area contributed by atoms with Gasteiger partial charge >= 0.3 is 0 Å². The summed E-state index contributed by atoms with van der Waals surface area (Å²) in [5.74, 6) is -0.806. The van der Waals surface area contributed by atoms with Gasteiger partial charge in [-0.25, -0.2) is 0 Å². The molecule has 0 aromatic heterocycles. The Hall–Kier alpha value is -0.413. The Morgan fingerprint density at radius 3 is 2.31 bits per heavy atom. The Labute approximate surface area is 180 Å². The normalized spacial score (nSPS) is 35.2. The van der Waals surface area contributed by atoms with Gasteiger partial charge in [0.2, 0.25) is 0 Å². The number of thioether (sulfide) groups is 1. The summed E-state index contributed by atoms with van der Waals surface area (Å²) in [6.45, 7) is 15.0. The molecule has 1 heterocycles. The van der Waals surface area contributed by atoms with Crippen LogP contribution in [0.4, 0.5) is 0 Å². The lowest BCUT2D eigenvalue weighted by atomic mass is 9.79. The minimum Gasteiger partial charge on any atom is -0.411 e. The summed E-state index contributed by atoms with van der Waals surface area (Å²) < 4.78 is 18.3. The molecule has 3 rings (SSSR count). The molecule has 1 saturated heterocycles. The number of fused-ring (bicyclic) bond motifs is 1. The summed E-state index contributed by atoms with van der Waals surface area (Å²) in [5, 5.41) is 22.1. The van der Waals surface area contributed by atoms with E-state index in [1.54, 1.807) is 11.8 Å².